The third-order valence-corrected chi connectivity index (χ3v) is 4.85. The smallest absolute Gasteiger partial charge is 0.0973 e. The highest BCUT2D eigenvalue weighted by atomic mass is 35.5. The molecule has 1 aromatic carbocycles. The summed E-state index contributed by atoms with van der Waals surface area (Å²) in [4.78, 5) is 2.21. The fourth-order valence-corrected chi connectivity index (χ4v) is 3.54. The van der Waals surface area contributed by atoms with Gasteiger partial charge in [0.15, 0.2) is 0 Å². The van der Waals surface area contributed by atoms with Gasteiger partial charge in [0.25, 0.3) is 0 Å². The first-order valence-corrected chi connectivity index (χ1v) is 7.44. The van der Waals surface area contributed by atoms with Gasteiger partial charge in [0.2, 0.25) is 0 Å². The SMILES string of the molecule is CC1CCCC(C(O)c2ccc(Cl)cc2)(N(C)C)C1. The van der Waals surface area contributed by atoms with Crippen LogP contribution in [0.4, 0.5) is 0 Å². The molecule has 2 nitrogen and oxygen atoms in total. The molecule has 1 aromatic rings. The summed E-state index contributed by atoms with van der Waals surface area (Å²) in [7, 11) is 4.16. The van der Waals surface area contributed by atoms with Crippen molar-refractivity contribution < 1.29 is 5.11 Å². The van der Waals surface area contributed by atoms with E-state index < -0.39 is 6.10 Å². The molecule has 0 heterocycles. The number of hydrogen-bond donors (Lipinski definition) is 1. The van der Waals surface area contributed by atoms with Crippen molar-refractivity contribution in [3.8, 4) is 0 Å². The first-order valence-electron chi connectivity index (χ1n) is 7.06. The molecule has 1 aliphatic rings. The number of likely N-dealkylation sites (N-methyl/N-ethyl adjacent to an activating group) is 1. The van der Waals surface area contributed by atoms with Crippen molar-refractivity contribution in [2.45, 2.75) is 44.2 Å². The number of hydrogen-bond acceptors (Lipinski definition) is 2. The average Bonchev–Trinajstić information content (AvgIpc) is 2.38. The molecule has 0 aromatic heterocycles. The van der Waals surface area contributed by atoms with Crippen LogP contribution in [-0.2, 0) is 0 Å². The van der Waals surface area contributed by atoms with Crippen LogP contribution in [0.5, 0.6) is 0 Å². The summed E-state index contributed by atoms with van der Waals surface area (Å²) in [5.74, 6) is 0.665. The van der Waals surface area contributed by atoms with E-state index in [-0.39, 0.29) is 5.54 Å². The zero-order valence-corrected chi connectivity index (χ0v) is 12.8. The van der Waals surface area contributed by atoms with Crippen LogP contribution >= 0.6 is 11.6 Å². The molecule has 3 atom stereocenters. The van der Waals surface area contributed by atoms with Gasteiger partial charge in [0, 0.05) is 5.02 Å². The summed E-state index contributed by atoms with van der Waals surface area (Å²) < 4.78 is 0. The van der Waals surface area contributed by atoms with E-state index in [0.29, 0.717) is 10.9 Å². The van der Waals surface area contributed by atoms with E-state index in [9.17, 15) is 5.11 Å². The maximum absolute atomic E-state index is 10.9. The second-order valence-corrected chi connectivity index (χ2v) is 6.59. The van der Waals surface area contributed by atoms with Gasteiger partial charge in [-0.05, 0) is 50.6 Å². The molecule has 0 spiro atoms. The van der Waals surface area contributed by atoms with Crippen LogP contribution < -0.4 is 0 Å². The largest absolute Gasteiger partial charge is 0.386 e. The van der Waals surface area contributed by atoms with E-state index >= 15 is 0 Å². The van der Waals surface area contributed by atoms with Crippen LogP contribution in [0.1, 0.15) is 44.3 Å². The Morgan fingerprint density at radius 1 is 1.32 bits per heavy atom. The fraction of sp³-hybridized carbons (Fsp3) is 0.625. The lowest BCUT2D eigenvalue weighted by Crippen LogP contribution is -2.52. The standard InChI is InChI=1S/C16H24ClNO/c1-12-5-4-10-16(11-12,18(2)3)15(19)13-6-8-14(17)9-7-13/h6-9,12,15,19H,4-5,10-11H2,1-3H3. The summed E-state index contributed by atoms with van der Waals surface area (Å²) in [6.45, 7) is 2.28. The highest BCUT2D eigenvalue weighted by Gasteiger charge is 2.43. The van der Waals surface area contributed by atoms with E-state index in [1.807, 2.05) is 24.3 Å². The lowest BCUT2D eigenvalue weighted by molar-refractivity contribution is -0.0450. The van der Waals surface area contributed by atoms with Gasteiger partial charge in [0.05, 0.1) is 11.6 Å². The zero-order chi connectivity index (χ0) is 14.0. The van der Waals surface area contributed by atoms with Crippen molar-refractivity contribution in [2.24, 2.45) is 5.92 Å². The summed E-state index contributed by atoms with van der Waals surface area (Å²) in [6, 6.07) is 7.60. The molecule has 19 heavy (non-hydrogen) atoms. The van der Waals surface area contributed by atoms with Crippen molar-refractivity contribution in [1.29, 1.82) is 0 Å². The Bertz CT molecular complexity index is 417. The zero-order valence-electron chi connectivity index (χ0n) is 12.1. The maximum Gasteiger partial charge on any atom is 0.0973 e. The van der Waals surface area contributed by atoms with Crippen LogP contribution in [-0.4, -0.2) is 29.6 Å². The van der Waals surface area contributed by atoms with Gasteiger partial charge in [-0.1, -0.05) is 43.5 Å². The summed E-state index contributed by atoms with van der Waals surface area (Å²) in [5.41, 5.74) is 0.818. The van der Waals surface area contributed by atoms with Crippen LogP contribution in [0.15, 0.2) is 24.3 Å². The van der Waals surface area contributed by atoms with Gasteiger partial charge in [-0.15, -0.1) is 0 Å². The number of halogens is 1. The first kappa shape index (κ1) is 14.8. The first-order chi connectivity index (χ1) is 8.95. The Kier molecular flexibility index (Phi) is 4.54. The summed E-state index contributed by atoms with van der Waals surface area (Å²) >= 11 is 5.93. The lowest BCUT2D eigenvalue weighted by atomic mass is 9.71. The molecule has 0 amide bonds. The van der Waals surface area contributed by atoms with Crippen LogP contribution in [0.3, 0.4) is 0 Å². The van der Waals surface area contributed by atoms with Gasteiger partial charge in [-0.2, -0.15) is 0 Å². The molecule has 0 radical (unpaired) electrons. The van der Waals surface area contributed by atoms with E-state index in [1.165, 1.54) is 12.8 Å². The van der Waals surface area contributed by atoms with E-state index in [2.05, 4.69) is 25.9 Å². The topological polar surface area (TPSA) is 23.5 Å². The Morgan fingerprint density at radius 2 is 1.95 bits per heavy atom. The predicted octanol–water partition coefficient (Wildman–Crippen LogP) is 3.88. The molecule has 1 fully saturated rings. The molecular formula is C16H24ClNO. The average molecular weight is 282 g/mol. The van der Waals surface area contributed by atoms with Gasteiger partial charge in [-0.3, -0.25) is 0 Å². The minimum absolute atomic E-state index is 0.147. The van der Waals surface area contributed by atoms with Crippen molar-refractivity contribution >= 4 is 11.6 Å². The number of benzene rings is 1. The molecule has 1 N–H and O–H groups in total. The van der Waals surface area contributed by atoms with Crippen LogP contribution in [0.25, 0.3) is 0 Å². The minimum atomic E-state index is -0.456. The Hall–Kier alpha value is -0.570. The van der Waals surface area contributed by atoms with E-state index in [1.54, 1.807) is 0 Å². The van der Waals surface area contributed by atoms with Crippen LogP contribution in [0.2, 0.25) is 5.02 Å². The molecule has 0 aliphatic heterocycles. The highest BCUT2D eigenvalue weighted by Crippen LogP contribution is 2.44. The molecule has 0 saturated heterocycles. The molecule has 0 bridgehead atoms. The second-order valence-electron chi connectivity index (χ2n) is 6.15. The Morgan fingerprint density at radius 3 is 2.47 bits per heavy atom. The fourth-order valence-electron chi connectivity index (χ4n) is 3.42. The van der Waals surface area contributed by atoms with Gasteiger partial charge >= 0.3 is 0 Å². The molecule has 106 valence electrons. The Balaban J connectivity index is 2.30. The Labute approximate surface area is 121 Å². The molecule has 1 saturated carbocycles. The van der Waals surface area contributed by atoms with Gasteiger partial charge in [0.1, 0.15) is 0 Å². The van der Waals surface area contributed by atoms with Crippen molar-refractivity contribution in [3.05, 3.63) is 34.9 Å². The number of nitrogens with zero attached hydrogens (tertiary/aromatic N) is 1. The highest BCUT2D eigenvalue weighted by molar-refractivity contribution is 6.30. The molecular weight excluding hydrogens is 258 g/mol. The van der Waals surface area contributed by atoms with Crippen LogP contribution in [0, 0.1) is 5.92 Å². The number of aliphatic hydroxyl groups is 1. The minimum Gasteiger partial charge on any atom is -0.386 e. The summed E-state index contributed by atoms with van der Waals surface area (Å²) in [5, 5.41) is 11.6. The third-order valence-electron chi connectivity index (χ3n) is 4.59. The normalized spacial score (nSPS) is 29.5. The summed E-state index contributed by atoms with van der Waals surface area (Å²) in [6.07, 6.45) is 4.09. The third kappa shape index (κ3) is 2.96. The number of rotatable bonds is 3. The molecule has 3 heteroatoms. The molecule has 2 rings (SSSR count). The van der Waals surface area contributed by atoms with Gasteiger partial charge in [-0.25, -0.2) is 0 Å². The van der Waals surface area contributed by atoms with Crippen molar-refractivity contribution in [1.82, 2.24) is 4.90 Å². The maximum atomic E-state index is 10.9. The number of aliphatic hydroxyl groups excluding tert-OH is 1. The second kappa shape index (κ2) is 5.82. The van der Waals surface area contributed by atoms with Gasteiger partial charge < -0.3 is 10.0 Å². The van der Waals surface area contributed by atoms with Crippen molar-refractivity contribution in [3.63, 3.8) is 0 Å². The quantitative estimate of drug-likeness (QED) is 0.909. The lowest BCUT2D eigenvalue weighted by Gasteiger charge is -2.48. The van der Waals surface area contributed by atoms with E-state index in [0.717, 1.165) is 18.4 Å². The van der Waals surface area contributed by atoms with Crippen molar-refractivity contribution in [2.75, 3.05) is 14.1 Å². The molecule has 3 unspecified atom stereocenters. The molecule has 1 aliphatic carbocycles. The monoisotopic (exact) mass is 281 g/mol. The predicted molar refractivity (Wildman–Crippen MR) is 80.5 cm³/mol. The van der Waals surface area contributed by atoms with E-state index in [4.69, 9.17) is 11.6 Å².